The fourth-order valence-electron chi connectivity index (χ4n) is 2.12. The summed E-state index contributed by atoms with van der Waals surface area (Å²) >= 11 is 0. The molecule has 0 amide bonds. The molecule has 0 aliphatic heterocycles. The third-order valence-corrected chi connectivity index (χ3v) is 3.42. The molecule has 2 atom stereocenters. The summed E-state index contributed by atoms with van der Waals surface area (Å²) in [5.41, 5.74) is 1.66. The minimum absolute atomic E-state index is 0.283. The van der Waals surface area contributed by atoms with Gasteiger partial charge in [0, 0.05) is 24.6 Å². The first-order chi connectivity index (χ1) is 6.98. The molecular weight excluding hydrogens is 186 g/mol. The van der Waals surface area contributed by atoms with E-state index < -0.39 is 0 Å². The highest BCUT2D eigenvalue weighted by Crippen LogP contribution is 2.42. The first kappa shape index (κ1) is 12.7. The second-order valence-corrected chi connectivity index (χ2v) is 5.24. The molecule has 0 bridgehead atoms. The standard InChI is InChI=1S/C13H25NO/c1-6-15-12-9-11(13(12,4)5)14-8-7-10(2)3/h7,11-12,14H,6,8-9H2,1-5H3. The van der Waals surface area contributed by atoms with Gasteiger partial charge in [-0.1, -0.05) is 25.5 Å². The van der Waals surface area contributed by atoms with E-state index in [4.69, 9.17) is 4.74 Å². The van der Waals surface area contributed by atoms with Crippen molar-refractivity contribution in [1.82, 2.24) is 5.32 Å². The smallest absolute Gasteiger partial charge is 0.0655 e. The molecule has 15 heavy (non-hydrogen) atoms. The number of allylic oxidation sites excluding steroid dienone is 1. The minimum atomic E-state index is 0.283. The van der Waals surface area contributed by atoms with Crippen LogP contribution in [0.3, 0.4) is 0 Å². The molecule has 2 unspecified atom stereocenters. The van der Waals surface area contributed by atoms with E-state index in [1.165, 1.54) is 5.57 Å². The Morgan fingerprint density at radius 3 is 2.60 bits per heavy atom. The van der Waals surface area contributed by atoms with Gasteiger partial charge in [-0.2, -0.15) is 0 Å². The number of ether oxygens (including phenoxy) is 1. The van der Waals surface area contributed by atoms with E-state index in [2.05, 4.69) is 46.0 Å². The Hall–Kier alpha value is -0.340. The maximum Gasteiger partial charge on any atom is 0.0655 e. The molecule has 0 saturated heterocycles. The molecule has 1 aliphatic carbocycles. The van der Waals surface area contributed by atoms with Crippen molar-refractivity contribution < 1.29 is 4.74 Å². The molecule has 0 aromatic heterocycles. The molecule has 1 N–H and O–H groups in total. The van der Waals surface area contributed by atoms with E-state index in [1.54, 1.807) is 0 Å². The molecule has 88 valence electrons. The minimum Gasteiger partial charge on any atom is -0.378 e. The fourth-order valence-corrected chi connectivity index (χ4v) is 2.12. The largest absolute Gasteiger partial charge is 0.378 e. The maximum absolute atomic E-state index is 5.70. The van der Waals surface area contributed by atoms with E-state index in [-0.39, 0.29) is 5.41 Å². The molecule has 0 radical (unpaired) electrons. The van der Waals surface area contributed by atoms with Gasteiger partial charge in [0.2, 0.25) is 0 Å². The summed E-state index contributed by atoms with van der Waals surface area (Å²) in [7, 11) is 0. The monoisotopic (exact) mass is 211 g/mol. The van der Waals surface area contributed by atoms with Crippen LogP contribution in [0, 0.1) is 5.41 Å². The van der Waals surface area contributed by atoms with Gasteiger partial charge in [0.05, 0.1) is 6.10 Å². The highest BCUT2D eigenvalue weighted by molar-refractivity contribution is 5.04. The van der Waals surface area contributed by atoms with Gasteiger partial charge in [-0.05, 0) is 27.2 Å². The van der Waals surface area contributed by atoms with Crippen molar-refractivity contribution >= 4 is 0 Å². The predicted octanol–water partition coefficient (Wildman–Crippen LogP) is 2.75. The Morgan fingerprint density at radius 1 is 1.47 bits per heavy atom. The summed E-state index contributed by atoms with van der Waals surface area (Å²) in [4.78, 5) is 0. The van der Waals surface area contributed by atoms with Crippen LogP contribution in [0.4, 0.5) is 0 Å². The SMILES string of the molecule is CCOC1CC(NCC=C(C)C)C1(C)C. The highest BCUT2D eigenvalue weighted by atomic mass is 16.5. The van der Waals surface area contributed by atoms with Crippen LogP contribution in [0.5, 0.6) is 0 Å². The average molecular weight is 211 g/mol. The van der Waals surface area contributed by atoms with E-state index >= 15 is 0 Å². The van der Waals surface area contributed by atoms with Crippen molar-refractivity contribution in [1.29, 1.82) is 0 Å². The maximum atomic E-state index is 5.70. The molecule has 2 nitrogen and oxygen atoms in total. The van der Waals surface area contributed by atoms with Crippen LogP contribution in [-0.2, 0) is 4.74 Å². The molecule has 0 aromatic rings. The summed E-state index contributed by atoms with van der Waals surface area (Å²) in [5.74, 6) is 0. The second kappa shape index (κ2) is 5.13. The second-order valence-electron chi connectivity index (χ2n) is 5.24. The van der Waals surface area contributed by atoms with E-state index in [1.807, 2.05) is 0 Å². The Balaban J connectivity index is 2.32. The molecule has 1 aliphatic rings. The van der Waals surface area contributed by atoms with Gasteiger partial charge < -0.3 is 10.1 Å². The molecule has 1 saturated carbocycles. The summed E-state index contributed by atoms with van der Waals surface area (Å²) in [6, 6.07) is 0.602. The first-order valence-corrected chi connectivity index (χ1v) is 5.96. The normalized spacial score (nSPS) is 28.3. The van der Waals surface area contributed by atoms with Gasteiger partial charge in [-0.3, -0.25) is 0 Å². The van der Waals surface area contributed by atoms with Crippen LogP contribution in [0.25, 0.3) is 0 Å². The van der Waals surface area contributed by atoms with Gasteiger partial charge >= 0.3 is 0 Å². The predicted molar refractivity (Wildman–Crippen MR) is 65.0 cm³/mol. The molecule has 1 rings (SSSR count). The Morgan fingerprint density at radius 2 is 2.13 bits per heavy atom. The fraction of sp³-hybridized carbons (Fsp3) is 0.846. The summed E-state index contributed by atoms with van der Waals surface area (Å²) in [6.45, 7) is 12.7. The van der Waals surface area contributed by atoms with Crippen molar-refractivity contribution in [2.24, 2.45) is 5.41 Å². The van der Waals surface area contributed by atoms with Crippen molar-refractivity contribution in [2.75, 3.05) is 13.2 Å². The molecule has 1 fully saturated rings. The highest BCUT2D eigenvalue weighted by Gasteiger charge is 2.48. The Labute approximate surface area is 94.1 Å². The van der Waals surface area contributed by atoms with Crippen molar-refractivity contribution in [2.45, 2.75) is 53.2 Å². The third-order valence-electron chi connectivity index (χ3n) is 3.42. The van der Waals surface area contributed by atoms with Gasteiger partial charge in [0.25, 0.3) is 0 Å². The van der Waals surface area contributed by atoms with Gasteiger partial charge in [-0.25, -0.2) is 0 Å². The molecule has 0 aromatic carbocycles. The first-order valence-electron chi connectivity index (χ1n) is 5.96. The quantitative estimate of drug-likeness (QED) is 0.706. The molecular formula is C13H25NO. The lowest BCUT2D eigenvalue weighted by atomic mass is 9.64. The van der Waals surface area contributed by atoms with Gasteiger partial charge in [0.15, 0.2) is 0 Å². The van der Waals surface area contributed by atoms with Crippen LogP contribution in [0.1, 0.15) is 41.0 Å². The number of nitrogens with one attached hydrogen (secondary N) is 1. The molecule has 0 spiro atoms. The third kappa shape index (κ3) is 3.05. The van der Waals surface area contributed by atoms with E-state index in [0.29, 0.717) is 12.1 Å². The lowest BCUT2D eigenvalue weighted by Gasteiger charge is -2.51. The Kier molecular flexibility index (Phi) is 4.35. The van der Waals surface area contributed by atoms with Crippen LogP contribution in [0.15, 0.2) is 11.6 Å². The van der Waals surface area contributed by atoms with Crippen molar-refractivity contribution in [3.05, 3.63) is 11.6 Å². The van der Waals surface area contributed by atoms with Crippen LogP contribution in [0.2, 0.25) is 0 Å². The van der Waals surface area contributed by atoms with Crippen LogP contribution >= 0.6 is 0 Å². The molecule has 2 heteroatoms. The van der Waals surface area contributed by atoms with E-state index in [0.717, 1.165) is 19.6 Å². The Bertz CT molecular complexity index is 229. The summed E-state index contributed by atoms with van der Waals surface area (Å²) in [6.07, 6.45) is 3.83. The zero-order valence-corrected chi connectivity index (χ0v) is 10.8. The van der Waals surface area contributed by atoms with Crippen molar-refractivity contribution in [3.8, 4) is 0 Å². The van der Waals surface area contributed by atoms with Crippen LogP contribution in [-0.4, -0.2) is 25.3 Å². The number of hydrogen-bond donors (Lipinski definition) is 1. The average Bonchev–Trinajstić information content (AvgIpc) is 2.15. The van der Waals surface area contributed by atoms with Crippen LogP contribution < -0.4 is 5.32 Å². The summed E-state index contributed by atoms with van der Waals surface area (Å²) in [5, 5.41) is 3.57. The van der Waals surface area contributed by atoms with Gasteiger partial charge in [0.1, 0.15) is 0 Å². The lowest BCUT2D eigenvalue weighted by Crippen LogP contribution is -2.60. The zero-order valence-electron chi connectivity index (χ0n) is 10.8. The molecule has 0 heterocycles. The number of hydrogen-bond acceptors (Lipinski definition) is 2. The zero-order chi connectivity index (χ0) is 11.5. The summed E-state index contributed by atoms with van der Waals surface area (Å²) < 4.78 is 5.70. The topological polar surface area (TPSA) is 21.3 Å². The van der Waals surface area contributed by atoms with Crippen molar-refractivity contribution in [3.63, 3.8) is 0 Å². The lowest BCUT2D eigenvalue weighted by molar-refractivity contribution is -0.113. The van der Waals surface area contributed by atoms with Gasteiger partial charge in [-0.15, -0.1) is 0 Å². The van der Waals surface area contributed by atoms with E-state index in [9.17, 15) is 0 Å². The number of rotatable bonds is 5.